The Hall–Kier alpha value is -1.75. The summed E-state index contributed by atoms with van der Waals surface area (Å²) in [6, 6.07) is 5.67. The quantitative estimate of drug-likeness (QED) is 0.586. The summed E-state index contributed by atoms with van der Waals surface area (Å²) < 4.78 is 5.38. The molecule has 110 valence electrons. The highest BCUT2D eigenvalue weighted by Gasteiger charge is 2.03. The number of carbonyl (C=O) groups excluding carboxylic acids is 2. The molecule has 0 saturated carbocycles. The van der Waals surface area contributed by atoms with E-state index in [1.165, 1.54) is 5.56 Å². The highest BCUT2D eigenvalue weighted by molar-refractivity contribution is 6.27. The van der Waals surface area contributed by atoms with E-state index in [9.17, 15) is 9.59 Å². The van der Waals surface area contributed by atoms with Crippen LogP contribution in [-0.2, 0) is 9.59 Å². The lowest BCUT2D eigenvalue weighted by atomic mass is 10.1. The van der Waals surface area contributed by atoms with Crippen molar-refractivity contribution < 1.29 is 14.3 Å². The SMILES string of the molecule is Cc1ccc(OCC(=O)NCCNC(=O)CCl)cc1C. The zero-order valence-electron chi connectivity index (χ0n) is 11.7. The van der Waals surface area contributed by atoms with Crippen molar-refractivity contribution in [3.05, 3.63) is 29.3 Å². The molecule has 0 heterocycles. The van der Waals surface area contributed by atoms with E-state index >= 15 is 0 Å². The first-order valence-corrected chi connectivity index (χ1v) is 6.86. The molecule has 0 aliphatic heterocycles. The highest BCUT2D eigenvalue weighted by Crippen LogP contribution is 2.16. The Labute approximate surface area is 123 Å². The second-order valence-corrected chi connectivity index (χ2v) is 4.64. The van der Waals surface area contributed by atoms with Crippen LogP contribution in [0.1, 0.15) is 11.1 Å². The molecule has 0 aromatic heterocycles. The lowest BCUT2D eigenvalue weighted by Crippen LogP contribution is -2.37. The molecule has 2 N–H and O–H groups in total. The molecule has 0 spiro atoms. The standard InChI is InChI=1S/C14H19ClN2O3/c1-10-3-4-12(7-11(10)2)20-9-14(19)17-6-5-16-13(18)8-15/h3-4,7H,5-6,8-9H2,1-2H3,(H,16,18)(H,17,19). The summed E-state index contributed by atoms with van der Waals surface area (Å²) >= 11 is 5.32. The van der Waals surface area contributed by atoms with Crippen molar-refractivity contribution in [2.45, 2.75) is 13.8 Å². The number of ether oxygens (including phenoxy) is 1. The van der Waals surface area contributed by atoms with Gasteiger partial charge in [-0.05, 0) is 37.1 Å². The molecule has 0 unspecified atom stereocenters. The summed E-state index contributed by atoms with van der Waals surface area (Å²) in [5, 5.41) is 5.19. The van der Waals surface area contributed by atoms with Gasteiger partial charge in [-0.15, -0.1) is 11.6 Å². The summed E-state index contributed by atoms with van der Waals surface area (Å²) in [6.45, 7) is 4.65. The second-order valence-electron chi connectivity index (χ2n) is 4.37. The van der Waals surface area contributed by atoms with Crippen LogP contribution in [0.4, 0.5) is 0 Å². The lowest BCUT2D eigenvalue weighted by Gasteiger charge is -2.09. The van der Waals surface area contributed by atoms with Gasteiger partial charge in [0.2, 0.25) is 5.91 Å². The first kappa shape index (κ1) is 16.3. The monoisotopic (exact) mass is 298 g/mol. The van der Waals surface area contributed by atoms with Gasteiger partial charge in [-0.3, -0.25) is 9.59 Å². The molecule has 0 fully saturated rings. The van der Waals surface area contributed by atoms with Crippen LogP contribution in [0.15, 0.2) is 18.2 Å². The zero-order valence-corrected chi connectivity index (χ0v) is 12.4. The van der Waals surface area contributed by atoms with Gasteiger partial charge in [-0.1, -0.05) is 6.07 Å². The summed E-state index contributed by atoms with van der Waals surface area (Å²) in [6.07, 6.45) is 0. The minimum absolute atomic E-state index is 0.0496. The van der Waals surface area contributed by atoms with Crippen molar-refractivity contribution in [3.8, 4) is 5.75 Å². The molecule has 0 aliphatic rings. The number of rotatable bonds is 7. The molecule has 5 nitrogen and oxygen atoms in total. The van der Waals surface area contributed by atoms with Crippen molar-refractivity contribution in [1.82, 2.24) is 10.6 Å². The maximum Gasteiger partial charge on any atom is 0.258 e. The molecule has 0 aliphatic carbocycles. The summed E-state index contributed by atoms with van der Waals surface area (Å²) in [7, 11) is 0. The average molecular weight is 299 g/mol. The molecule has 1 aromatic carbocycles. The van der Waals surface area contributed by atoms with E-state index in [2.05, 4.69) is 10.6 Å². The molecule has 0 saturated heterocycles. The van der Waals surface area contributed by atoms with Gasteiger partial charge < -0.3 is 15.4 Å². The maximum absolute atomic E-state index is 11.5. The topological polar surface area (TPSA) is 67.4 Å². The summed E-state index contributed by atoms with van der Waals surface area (Å²) in [5.74, 6) is 0.0958. The normalized spacial score (nSPS) is 9.95. The number of amides is 2. The fourth-order valence-electron chi connectivity index (χ4n) is 1.45. The van der Waals surface area contributed by atoms with Crippen molar-refractivity contribution >= 4 is 23.4 Å². The first-order chi connectivity index (χ1) is 9.52. The Bertz CT molecular complexity index is 477. The van der Waals surface area contributed by atoms with E-state index in [-0.39, 0.29) is 24.3 Å². The number of benzene rings is 1. The molecule has 0 atom stereocenters. The molecular formula is C14H19ClN2O3. The van der Waals surface area contributed by atoms with E-state index in [0.717, 1.165) is 5.56 Å². The molecule has 2 amide bonds. The van der Waals surface area contributed by atoms with Gasteiger partial charge in [0, 0.05) is 13.1 Å². The fourth-order valence-corrected chi connectivity index (χ4v) is 1.55. The lowest BCUT2D eigenvalue weighted by molar-refractivity contribution is -0.123. The van der Waals surface area contributed by atoms with Crippen molar-refractivity contribution in [2.75, 3.05) is 25.6 Å². The predicted molar refractivity (Wildman–Crippen MR) is 78.2 cm³/mol. The minimum atomic E-state index is -0.257. The Morgan fingerprint density at radius 3 is 2.35 bits per heavy atom. The molecular weight excluding hydrogens is 280 g/mol. The van der Waals surface area contributed by atoms with Crippen LogP contribution in [0.25, 0.3) is 0 Å². The van der Waals surface area contributed by atoms with Crippen LogP contribution in [0.3, 0.4) is 0 Å². The van der Waals surface area contributed by atoms with Crippen molar-refractivity contribution in [2.24, 2.45) is 0 Å². The molecule has 0 bridgehead atoms. The minimum Gasteiger partial charge on any atom is -0.484 e. The molecule has 0 radical (unpaired) electrons. The highest BCUT2D eigenvalue weighted by atomic mass is 35.5. The summed E-state index contributed by atoms with van der Waals surface area (Å²) in [5.41, 5.74) is 2.29. The van der Waals surface area contributed by atoms with Gasteiger partial charge in [0.1, 0.15) is 11.6 Å². The van der Waals surface area contributed by atoms with Gasteiger partial charge >= 0.3 is 0 Å². The van der Waals surface area contributed by atoms with Crippen LogP contribution >= 0.6 is 11.6 Å². The van der Waals surface area contributed by atoms with Crippen LogP contribution < -0.4 is 15.4 Å². The Balaban J connectivity index is 2.22. The molecule has 6 heteroatoms. The third-order valence-corrected chi connectivity index (χ3v) is 2.98. The van der Waals surface area contributed by atoms with Gasteiger partial charge in [-0.25, -0.2) is 0 Å². The average Bonchev–Trinajstić information content (AvgIpc) is 2.44. The Morgan fingerprint density at radius 1 is 1.10 bits per heavy atom. The number of hydrogen-bond acceptors (Lipinski definition) is 3. The van der Waals surface area contributed by atoms with Gasteiger partial charge in [0.05, 0.1) is 0 Å². The smallest absolute Gasteiger partial charge is 0.258 e. The van der Waals surface area contributed by atoms with E-state index in [0.29, 0.717) is 18.8 Å². The van der Waals surface area contributed by atoms with Gasteiger partial charge in [-0.2, -0.15) is 0 Å². The van der Waals surface area contributed by atoms with E-state index in [4.69, 9.17) is 16.3 Å². The predicted octanol–water partition coefficient (Wildman–Crippen LogP) is 1.15. The van der Waals surface area contributed by atoms with Crippen LogP contribution in [0.2, 0.25) is 0 Å². The van der Waals surface area contributed by atoms with E-state index in [1.807, 2.05) is 32.0 Å². The van der Waals surface area contributed by atoms with Crippen molar-refractivity contribution in [3.63, 3.8) is 0 Å². The number of aryl methyl sites for hydroxylation is 2. The molecule has 20 heavy (non-hydrogen) atoms. The molecule has 1 aromatic rings. The van der Waals surface area contributed by atoms with Crippen LogP contribution in [0.5, 0.6) is 5.75 Å². The molecule has 1 rings (SSSR count). The Morgan fingerprint density at radius 2 is 1.75 bits per heavy atom. The second kappa shape index (κ2) is 8.43. The summed E-state index contributed by atoms with van der Waals surface area (Å²) in [4.78, 5) is 22.4. The van der Waals surface area contributed by atoms with E-state index in [1.54, 1.807) is 0 Å². The largest absolute Gasteiger partial charge is 0.484 e. The van der Waals surface area contributed by atoms with Crippen LogP contribution in [0, 0.1) is 13.8 Å². The third-order valence-electron chi connectivity index (χ3n) is 2.74. The Kier molecular flexibility index (Phi) is 6.87. The van der Waals surface area contributed by atoms with Crippen LogP contribution in [-0.4, -0.2) is 37.4 Å². The third kappa shape index (κ3) is 5.93. The van der Waals surface area contributed by atoms with E-state index < -0.39 is 0 Å². The number of alkyl halides is 1. The number of hydrogen-bond donors (Lipinski definition) is 2. The van der Waals surface area contributed by atoms with Gasteiger partial charge in [0.25, 0.3) is 5.91 Å². The maximum atomic E-state index is 11.5. The first-order valence-electron chi connectivity index (χ1n) is 6.32. The van der Waals surface area contributed by atoms with Crippen molar-refractivity contribution in [1.29, 1.82) is 0 Å². The number of carbonyl (C=O) groups is 2. The number of nitrogens with one attached hydrogen (secondary N) is 2. The zero-order chi connectivity index (χ0) is 15.0. The van der Waals surface area contributed by atoms with Gasteiger partial charge in [0.15, 0.2) is 6.61 Å². The fraction of sp³-hybridized carbons (Fsp3) is 0.429. The number of halogens is 1.